The highest BCUT2D eigenvalue weighted by molar-refractivity contribution is 7.11. The minimum atomic E-state index is 0.676. The third kappa shape index (κ3) is 3.77. The van der Waals surface area contributed by atoms with Crippen LogP contribution in [-0.4, -0.2) is 35.1 Å². The summed E-state index contributed by atoms with van der Waals surface area (Å²) in [5, 5.41) is 4.83. The van der Waals surface area contributed by atoms with Gasteiger partial charge in [-0.1, -0.05) is 6.92 Å². The molecule has 1 fully saturated rings. The number of aromatic nitrogens is 1. The molecule has 3 nitrogen and oxygen atoms in total. The average Bonchev–Trinajstić information content (AvgIpc) is 2.75. The van der Waals surface area contributed by atoms with Crippen LogP contribution in [0.25, 0.3) is 0 Å². The first kappa shape index (κ1) is 14.0. The van der Waals surface area contributed by atoms with Gasteiger partial charge in [0.05, 0.1) is 5.01 Å². The Kier molecular flexibility index (Phi) is 5.15. The molecular weight excluding hydrogens is 242 g/mol. The lowest BCUT2D eigenvalue weighted by Gasteiger charge is -2.37. The van der Waals surface area contributed by atoms with Crippen LogP contribution in [0.15, 0.2) is 6.20 Å². The van der Waals surface area contributed by atoms with Gasteiger partial charge in [-0.2, -0.15) is 0 Å². The molecule has 0 amide bonds. The van der Waals surface area contributed by atoms with Crippen LogP contribution < -0.4 is 5.32 Å². The number of nitrogens with zero attached hydrogens (tertiary/aromatic N) is 2. The molecule has 0 saturated carbocycles. The molecule has 102 valence electrons. The Hall–Kier alpha value is -0.450. The first-order valence-corrected chi connectivity index (χ1v) is 7.89. The predicted octanol–water partition coefficient (Wildman–Crippen LogP) is 2.80. The lowest BCUT2D eigenvalue weighted by atomic mass is 9.98. The van der Waals surface area contributed by atoms with Crippen molar-refractivity contribution in [3.05, 3.63) is 16.1 Å². The Morgan fingerprint density at radius 3 is 3.00 bits per heavy atom. The van der Waals surface area contributed by atoms with Crippen molar-refractivity contribution in [3.8, 4) is 0 Å². The highest BCUT2D eigenvalue weighted by atomic mass is 32.1. The molecule has 0 radical (unpaired) electrons. The number of piperidine rings is 1. The molecule has 4 heteroatoms. The normalized spacial score (nSPS) is 25.5. The zero-order valence-electron chi connectivity index (χ0n) is 11.8. The lowest BCUT2D eigenvalue weighted by molar-refractivity contribution is 0.130. The maximum atomic E-state index is 4.34. The van der Waals surface area contributed by atoms with E-state index in [1.807, 2.05) is 17.5 Å². The maximum Gasteiger partial charge on any atom is 0.0897 e. The molecule has 2 rings (SSSR count). The van der Waals surface area contributed by atoms with Crippen LogP contribution in [0, 0.1) is 6.92 Å². The third-order valence-electron chi connectivity index (χ3n) is 3.72. The van der Waals surface area contributed by atoms with Crippen LogP contribution in [0.4, 0.5) is 0 Å². The summed E-state index contributed by atoms with van der Waals surface area (Å²) in [6, 6.07) is 1.40. The molecule has 2 atom stereocenters. The van der Waals surface area contributed by atoms with Crippen molar-refractivity contribution < 1.29 is 0 Å². The maximum absolute atomic E-state index is 4.34. The second kappa shape index (κ2) is 6.64. The summed E-state index contributed by atoms with van der Waals surface area (Å²) in [5.74, 6) is 0. The van der Waals surface area contributed by atoms with Gasteiger partial charge in [0.25, 0.3) is 0 Å². The Morgan fingerprint density at radius 2 is 2.39 bits per heavy atom. The van der Waals surface area contributed by atoms with Gasteiger partial charge in [-0.25, -0.2) is 4.98 Å². The van der Waals surface area contributed by atoms with Crippen molar-refractivity contribution in [2.45, 2.75) is 58.7 Å². The molecule has 0 bridgehead atoms. The molecule has 0 aromatic carbocycles. The number of aryl methyl sites for hydroxylation is 1. The second-order valence-corrected chi connectivity index (χ2v) is 6.66. The van der Waals surface area contributed by atoms with Gasteiger partial charge >= 0.3 is 0 Å². The molecule has 0 aliphatic carbocycles. The van der Waals surface area contributed by atoms with Gasteiger partial charge in [0, 0.05) is 36.2 Å². The number of hydrogen-bond acceptors (Lipinski definition) is 4. The van der Waals surface area contributed by atoms with Gasteiger partial charge in [-0.3, -0.25) is 4.90 Å². The summed E-state index contributed by atoms with van der Waals surface area (Å²) >= 11 is 1.83. The fourth-order valence-corrected chi connectivity index (χ4v) is 3.49. The minimum absolute atomic E-state index is 0.676. The van der Waals surface area contributed by atoms with Crippen molar-refractivity contribution in [2.24, 2.45) is 0 Å². The first-order chi connectivity index (χ1) is 8.69. The number of hydrogen-bond donors (Lipinski definition) is 1. The smallest absolute Gasteiger partial charge is 0.0897 e. The number of likely N-dealkylation sites (tertiary alicyclic amines) is 1. The molecular formula is C14H25N3S. The molecule has 1 aliphatic rings. The number of nitrogens with one attached hydrogen (secondary N) is 1. The van der Waals surface area contributed by atoms with Gasteiger partial charge in [0.2, 0.25) is 0 Å². The molecule has 2 unspecified atom stereocenters. The zero-order chi connectivity index (χ0) is 13.0. The highest BCUT2D eigenvalue weighted by Crippen LogP contribution is 2.22. The van der Waals surface area contributed by atoms with E-state index in [1.165, 1.54) is 35.7 Å². The van der Waals surface area contributed by atoms with Crippen molar-refractivity contribution in [3.63, 3.8) is 0 Å². The topological polar surface area (TPSA) is 28.2 Å². The molecule has 1 aromatic heterocycles. The number of rotatable bonds is 5. The van der Waals surface area contributed by atoms with Crippen LogP contribution in [0.1, 0.15) is 43.0 Å². The van der Waals surface area contributed by atoms with Crippen LogP contribution >= 0.6 is 11.3 Å². The molecule has 1 aromatic rings. The van der Waals surface area contributed by atoms with E-state index in [2.05, 4.69) is 36.0 Å². The molecule has 1 N–H and O–H groups in total. The standard InChI is InChI=1S/C14H25N3S/c1-4-6-15-13-5-7-17(11(2)8-13)10-14-9-16-12(3)18-14/h9,11,13,15H,4-8,10H2,1-3H3. The SMILES string of the molecule is CCCNC1CCN(Cc2cnc(C)s2)C(C)C1. The number of thiazole rings is 1. The average molecular weight is 267 g/mol. The molecule has 0 spiro atoms. The van der Waals surface area contributed by atoms with E-state index in [1.54, 1.807) is 0 Å². The van der Waals surface area contributed by atoms with Gasteiger partial charge in [-0.15, -0.1) is 11.3 Å². The van der Waals surface area contributed by atoms with Gasteiger partial charge < -0.3 is 5.32 Å². The summed E-state index contributed by atoms with van der Waals surface area (Å²) in [5.41, 5.74) is 0. The summed E-state index contributed by atoms with van der Waals surface area (Å²) in [6.07, 6.45) is 5.82. The van der Waals surface area contributed by atoms with Crippen molar-refractivity contribution >= 4 is 11.3 Å². The Balaban J connectivity index is 1.82. The van der Waals surface area contributed by atoms with E-state index in [4.69, 9.17) is 0 Å². The van der Waals surface area contributed by atoms with E-state index >= 15 is 0 Å². The molecule has 1 aliphatic heterocycles. The fraction of sp³-hybridized carbons (Fsp3) is 0.786. The molecule has 1 saturated heterocycles. The van der Waals surface area contributed by atoms with Gasteiger partial charge in [0.1, 0.15) is 0 Å². The minimum Gasteiger partial charge on any atom is -0.314 e. The third-order valence-corrected chi connectivity index (χ3v) is 4.62. The van der Waals surface area contributed by atoms with Crippen molar-refractivity contribution in [1.29, 1.82) is 0 Å². The molecule has 18 heavy (non-hydrogen) atoms. The van der Waals surface area contributed by atoms with E-state index < -0.39 is 0 Å². The summed E-state index contributed by atoms with van der Waals surface area (Å²) in [4.78, 5) is 8.34. The van der Waals surface area contributed by atoms with Crippen LogP contribution in [0.2, 0.25) is 0 Å². The van der Waals surface area contributed by atoms with E-state index in [0.29, 0.717) is 6.04 Å². The van der Waals surface area contributed by atoms with Crippen molar-refractivity contribution in [1.82, 2.24) is 15.2 Å². The summed E-state index contributed by atoms with van der Waals surface area (Å²) in [7, 11) is 0. The van der Waals surface area contributed by atoms with Gasteiger partial charge in [0.15, 0.2) is 0 Å². The van der Waals surface area contributed by atoms with Crippen LogP contribution in [0.3, 0.4) is 0 Å². The van der Waals surface area contributed by atoms with E-state index in [9.17, 15) is 0 Å². The lowest BCUT2D eigenvalue weighted by Crippen LogP contribution is -2.47. The Morgan fingerprint density at radius 1 is 1.56 bits per heavy atom. The van der Waals surface area contributed by atoms with Crippen LogP contribution in [0.5, 0.6) is 0 Å². The monoisotopic (exact) mass is 267 g/mol. The summed E-state index contributed by atoms with van der Waals surface area (Å²) < 4.78 is 0. The second-order valence-electron chi connectivity index (χ2n) is 5.34. The highest BCUT2D eigenvalue weighted by Gasteiger charge is 2.25. The Labute approximate surface area is 115 Å². The Bertz CT molecular complexity index is 364. The van der Waals surface area contributed by atoms with Gasteiger partial charge in [-0.05, 0) is 39.7 Å². The van der Waals surface area contributed by atoms with E-state index in [-0.39, 0.29) is 0 Å². The van der Waals surface area contributed by atoms with Crippen LogP contribution in [-0.2, 0) is 6.54 Å². The zero-order valence-corrected chi connectivity index (χ0v) is 12.6. The first-order valence-electron chi connectivity index (χ1n) is 7.07. The predicted molar refractivity (Wildman–Crippen MR) is 78.0 cm³/mol. The van der Waals surface area contributed by atoms with Crippen molar-refractivity contribution in [2.75, 3.05) is 13.1 Å². The quantitative estimate of drug-likeness (QED) is 0.889. The summed E-state index contributed by atoms with van der Waals surface area (Å²) in [6.45, 7) is 10.1. The largest absolute Gasteiger partial charge is 0.314 e. The van der Waals surface area contributed by atoms with E-state index in [0.717, 1.165) is 19.1 Å². The molecule has 2 heterocycles. The fourth-order valence-electron chi connectivity index (χ4n) is 2.67.